The van der Waals surface area contributed by atoms with Crippen molar-refractivity contribution in [3.63, 3.8) is 0 Å². The predicted octanol–water partition coefficient (Wildman–Crippen LogP) is 3.22. The summed E-state index contributed by atoms with van der Waals surface area (Å²) in [6.07, 6.45) is 0. The molecule has 188 valence electrons. The number of hydrogen-bond donors (Lipinski definition) is 1. The molecule has 0 atom stereocenters. The largest absolute Gasteiger partial charge is 0.484 e. The Morgan fingerprint density at radius 2 is 1.78 bits per heavy atom. The lowest BCUT2D eigenvalue weighted by atomic mass is 10.1. The quantitative estimate of drug-likeness (QED) is 0.313. The number of carbonyl (C=O) groups is 1. The van der Waals surface area contributed by atoms with Crippen molar-refractivity contribution in [2.24, 2.45) is 0 Å². The Labute approximate surface area is 212 Å². The Morgan fingerprint density at radius 1 is 1.03 bits per heavy atom. The first-order valence-electron chi connectivity index (χ1n) is 11.8. The second-order valence-electron chi connectivity index (χ2n) is 8.75. The van der Waals surface area contributed by atoms with Crippen LogP contribution in [-0.2, 0) is 4.79 Å². The van der Waals surface area contributed by atoms with Crippen LogP contribution in [0, 0.1) is 17.0 Å². The van der Waals surface area contributed by atoms with Gasteiger partial charge in [0, 0.05) is 37.8 Å². The van der Waals surface area contributed by atoms with E-state index in [1.54, 1.807) is 11.0 Å². The summed E-state index contributed by atoms with van der Waals surface area (Å²) in [7, 11) is 0. The van der Waals surface area contributed by atoms with E-state index in [1.165, 1.54) is 23.8 Å². The molecule has 1 saturated heterocycles. The van der Waals surface area contributed by atoms with Gasteiger partial charge < -0.3 is 20.3 Å². The van der Waals surface area contributed by atoms with Crippen LogP contribution in [0.5, 0.6) is 5.75 Å². The maximum atomic E-state index is 12.7. The maximum Gasteiger partial charge on any atom is 0.273 e. The maximum absolute atomic E-state index is 12.7. The summed E-state index contributed by atoms with van der Waals surface area (Å²) >= 11 is 0. The summed E-state index contributed by atoms with van der Waals surface area (Å²) in [5, 5.41) is 10.9. The number of piperazine rings is 1. The molecule has 0 bridgehead atoms. The lowest BCUT2D eigenvalue weighted by Gasteiger charge is -2.35. The number of rotatable bonds is 6. The topological polar surface area (TPSA) is 141 Å². The van der Waals surface area contributed by atoms with Crippen molar-refractivity contribution in [1.29, 1.82) is 0 Å². The van der Waals surface area contributed by atoms with Crippen LogP contribution < -0.4 is 15.4 Å². The second kappa shape index (κ2) is 10.1. The molecule has 11 nitrogen and oxygen atoms in total. The molecule has 0 saturated carbocycles. The molecule has 2 aromatic carbocycles. The lowest BCUT2D eigenvalue weighted by Crippen LogP contribution is -2.50. The Morgan fingerprint density at radius 3 is 2.51 bits per heavy atom. The summed E-state index contributed by atoms with van der Waals surface area (Å²) in [4.78, 5) is 40.6. The Hall–Kier alpha value is -4.80. The lowest BCUT2D eigenvalue weighted by molar-refractivity contribution is -0.384. The zero-order valence-electron chi connectivity index (χ0n) is 20.2. The van der Waals surface area contributed by atoms with E-state index in [2.05, 4.69) is 14.9 Å². The van der Waals surface area contributed by atoms with Crippen LogP contribution in [0.25, 0.3) is 22.3 Å². The van der Waals surface area contributed by atoms with Gasteiger partial charge in [-0.05, 0) is 25.1 Å². The number of nitro benzene ring substituents is 1. The fourth-order valence-electron chi connectivity index (χ4n) is 4.21. The number of nitrogens with zero attached hydrogens (tertiary/aromatic N) is 6. The van der Waals surface area contributed by atoms with Crippen LogP contribution in [0.1, 0.15) is 5.56 Å². The summed E-state index contributed by atoms with van der Waals surface area (Å²) in [6.45, 7) is 3.82. The number of amides is 1. The van der Waals surface area contributed by atoms with Gasteiger partial charge >= 0.3 is 0 Å². The highest BCUT2D eigenvalue weighted by molar-refractivity contribution is 5.89. The number of nitrogen functional groups attached to an aromatic ring is 1. The third kappa shape index (κ3) is 5.25. The molecule has 1 aliphatic heterocycles. The van der Waals surface area contributed by atoms with E-state index < -0.39 is 4.92 Å². The Bertz CT molecular complexity index is 1470. The third-order valence-electron chi connectivity index (χ3n) is 6.21. The van der Waals surface area contributed by atoms with Crippen LogP contribution in [0.3, 0.4) is 0 Å². The number of nitro groups is 1. The number of fused-ring (bicyclic) bond motifs is 1. The highest BCUT2D eigenvalue weighted by Gasteiger charge is 2.25. The molecule has 0 spiro atoms. The van der Waals surface area contributed by atoms with Crippen LogP contribution >= 0.6 is 0 Å². The van der Waals surface area contributed by atoms with Gasteiger partial charge in [-0.25, -0.2) is 9.97 Å². The molecule has 0 aliphatic carbocycles. The second-order valence-corrected chi connectivity index (χ2v) is 8.75. The zero-order valence-corrected chi connectivity index (χ0v) is 20.2. The van der Waals surface area contributed by atoms with E-state index in [0.29, 0.717) is 43.0 Å². The van der Waals surface area contributed by atoms with Crippen molar-refractivity contribution >= 4 is 34.4 Å². The number of aromatic nitrogens is 3. The third-order valence-corrected chi connectivity index (χ3v) is 6.21. The number of ether oxygens (including phenoxy) is 1. The van der Waals surface area contributed by atoms with Gasteiger partial charge in [0.15, 0.2) is 12.4 Å². The van der Waals surface area contributed by atoms with Crippen molar-refractivity contribution in [3.8, 4) is 17.0 Å². The van der Waals surface area contributed by atoms with E-state index >= 15 is 0 Å². The molecule has 2 N–H and O–H groups in total. The van der Waals surface area contributed by atoms with Crippen LogP contribution in [0.2, 0.25) is 0 Å². The molecule has 37 heavy (non-hydrogen) atoms. The highest BCUT2D eigenvalue weighted by atomic mass is 16.6. The zero-order chi connectivity index (χ0) is 25.9. The Balaban J connectivity index is 1.28. The molecule has 1 aliphatic rings. The molecule has 2 aromatic heterocycles. The predicted molar refractivity (Wildman–Crippen MR) is 139 cm³/mol. The fraction of sp³-hybridized carbons (Fsp3) is 0.231. The first kappa shape index (κ1) is 23.9. The van der Waals surface area contributed by atoms with Gasteiger partial charge in [0.05, 0.1) is 22.2 Å². The molecular weight excluding hydrogens is 474 g/mol. The molecule has 1 amide bonds. The first-order valence-corrected chi connectivity index (χ1v) is 11.8. The van der Waals surface area contributed by atoms with Crippen molar-refractivity contribution in [2.45, 2.75) is 6.92 Å². The average Bonchev–Trinajstić information content (AvgIpc) is 2.91. The van der Waals surface area contributed by atoms with Crippen molar-refractivity contribution < 1.29 is 14.5 Å². The van der Waals surface area contributed by atoms with Crippen LogP contribution in [0.15, 0.2) is 60.7 Å². The molecule has 1 fully saturated rings. The normalized spacial score (nSPS) is 13.5. The Kier molecular flexibility index (Phi) is 6.50. The highest BCUT2D eigenvalue weighted by Crippen LogP contribution is 2.28. The van der Waals surface area contributed by atoms with E-state index in [4.69, 9.17) is 15.5 Å². The summed E-state index contributed by atoms with van der Waals surface area (Å²) in [6, 6.07) is 17.7. The summed E-state index contributed by atoms with van der Waals surface area (Å²) < 4.78 is 5.50. The average molecular weight is 500 g/mol. The molecular formula is C26H25N7O4. The number of pyridine rings is 1. The van der Waals surface area contributed by atoms with Crippen LogP contribution in [-0.4, -0.2) is 63.5 Å². The first-order chi connectivity index (χ1) is 17.9. The van der Waals surface area contributed by atoms with Crippen molar-refractivity contribution in [3.05, 3.63) is 76.3 Å². The summed E-state index contributed by atoms with van der Waals surface area (Å²) in [5.41, 5.74) is 10.2. The monoisotopic (exact) mass is 499 g/mol. The molecule has 0 unspecified atom stereocenters. The van der Waals surface area contributed by atoms with Gasteiger partial charge in [0.2, 0.25) is 5.95 Å². The van der Waals surface area contributed by atoms with Gasteiger partial charge in [-0.3, -0.25) is 14.9 Å². The van der Waals surface area contributed by atoms with Crippen molar-refractivity contribution in [1.82, 2.24) is 19.9 Å². The SMILES string of the molecule is Cc1ccc(-c2ccc3nc(N)nc(N4CCN(C(=O)COc5cccc([N+](=O)[O-])c5)CC4)c3n2)cc1. The fourth-order valence-corrected chi connectivity index (χ4v) is 4.21. The van der Waals surface area contributed by atoms with Gasteiger partial charge in [-0.15, -0.1) is 0 Å². The van der Waals surface area contributed by atoms with Crippen molar-refractivity contribution in [2.75, 3.05) is 43.4 Å². The number of benzene rings is 2. The van der Waals surface area contributed by atoms with E-state index in [-0.39, 0.29) is 29.9 Å². The number of carbonyl (C=O) groups excluding carboxylic acids is 1. The number of aryl methyl sites for hydroxylation is 1. The molecule has 0 radical (unpaired) electrons. The van der Waals surface area contributed by atoms with Gasteiger partial charge in [-0.1, -0.05) is 35.9 Å². The number of nitrogens with two attached hydrogens (primary N) is 1. The minimum absolute atomic E-state index is 0.0888. The molecule has 5 rings (SSSR count). The minimum Gasteiger partial charge on any atom is -0.484 e. The molecule has 11 heteroatoms. The van der Waals surface area contributed by atoms with Gasteiger partial charge in [0.1, 0.15) is 11.3 Å². The number of anilines is 2. The van der Waals surface area contributed by atoms with E-state index in [0.717, 1.165) is 11.3 Å². The number of hydrogen-bond acceptors (Lipinski definition) is 9. The minimum atomic E-state index is -0.504. The summed E-state index contributed by atoms with van der Waals surface area (Å²) in [5.74, 6) is 0.880. The van der Waals surface area contributed by atoms with Gasteiger partial charge in [0.25, 0.3) is 11.6 Å². The van der Waals surface area contributed by atoms with Gasteiger partial charge in [-0.2, -0.15) is 4.98 Å². The van der Waals surface area contributed by atoms with E-state index in [9.17, 15) is 14.9 Å². The number of non-ortho nitro benzene ring substituents is 1. The molecule has 4 aromatic rings. The smallest absolute Gasteiger partial charge is 0.273 e. The van der Waals surface area contributed by atoms with Crippen LogP contribution in [0.4, 0.5) is 17.5 Å². The molecule has 3 heterocycles. The standard InChI is InChI=1S/C26H25N7O4/c1-17-5-7-18(8-6-17)21-9-10-22-24(28-21)25(30-26(27)29-22)32-13-11-31(12-14-32)23(34)16-37-20-4-2-3-19(15-20)33(35)36/h2-10,15H,11-14,16H2,1H3,(H2,27,29,30). The van der Waals surface area contributed by atoms with E-state index in [1.807, 2.05) is 43.3 Å².